The lowest BCUT2D eigenvalue weighted by Crippen LogP contribution is -2.44. The molecule has 8 rings (SSSR count). The van der Waals surface area contributed by atoms with Gasteiger partial charge in [-0.05, 0) is 94.1 Å². The molecule has 4 heterocycles. The number of fused-ring (bicyclic) bond motifs is 2. The second kappa shape index (κ2) is 20.7. The van der Waals surface area contributed by atoms with E-state index in [0.717, 1.165) is 63.3 Å². The summed E-state index contributed by atoms with van der Waals surface area (Å²) in [6, 6.07) is 36.2. The van der Waals surface area contributed by atoms with Crippen molar-refractivity contribution in [2.75, 3.05) is 52.6 Å². The highest BCUT2D eigenvalue weighted by Crippen LogP contribution is 2.32. The topological polar surface area (TPSA) is 77.5 Å². The number of aryl methyl sites for hydroxylation is 2. The van der Waals surface area contributed by atoms with E-state index in [0.29, 0.717) is 26.4 Å². The number of rotatable bonds is 18. The van der Waals surface area contributed by atoms with E-state index in [9.17, 15) is 0 Å². The van der Waals surface area contributed by atoms with E-state index in [1.54, 1.807) is 0 Å². The maximum Gasteiger partial charge on any atom is 0.0790 e. The monoisotopic (exact) mass is 790 g/mol. The molecule has 4 unspecified atom stereocenters. The van der Waals surface area contributed by atoms with Crippen LogP contribution in [0.3, 0.4) is 0 Å². The van der Waals surface area contributed by atoms with Crippen LogP contribution in [0.25, 0.3) is 21.5 Å². The number of aromatic nitrogens is 2. The van der Waals surface area contributed by atoms with Gasteiger partial charge in [-0.3, -0.25) is 9.97 Å². The van der Waals surface area contributed by atoms with Gasteiger partial charge in [-0.2, -0.15) is 0 Å². The van der Waals surface area contributed by atoms with Crippen molar-refractivity contribution < 1.29 is 14.2 Å². The van der Waals surface area contributed by atoms with E-state index in [4.69, 9.17) is 24.2 Å². The minimum atomic E-state index is -0.00181. The quantitative estimate of drug-likeness (QED) is 0.0899. The Balaban J connectivity index is 1.03. The van der Waals surface area contributed by atoms with Crippen LogP contribution in [0.5, 0.6) is 0 Å². The molecule has 0 bridgehead atoms. The standard InChI is InChI=1S/C52H62N4O3/c1-3-5-7-37-9-13-39(14-10-37)29-49-45-31-43(19-17-41(45)21-23-55-49)47(51-33-53-25-27-58-51)35-57-36-48(52-34-54-26-28-59-52)44-20-18-42-22-24-56-50(46(42)32-44)30-40-15-11-38(12-16-40)8-6-4-2/h9-24,31-32,47-48,51-54H,3-8,25-30,33-36H2,1-2H3. The summed E-state index contributed by atoms with van der Waals surface area (Å²) in [6.45, 7) is 10.3. The highest BCUT2D eigenvalue weighted by Gasteiger charge is 2.30. The Bertz CT molecular complexity index is 2070. The minimum absolute atomic E-state index is 0.00181. The van der Waals surface area contributed by atoms with Crippen molar-refractivity contribution in [1.29, 1.82) is 0 Å². The summed E-state index contributed by atoms with van der Waals surface area (Å²) in [5.41, 5.74) is 10.0. The van der Waals surface area contributed by atoms with E-state index >= 15 is 0 Å². The van der Waals surface area contributed by atoms with Crippen LogP contribution in [0.2, 0.25) is 0 Å². The van der Waals surface area contributed by atoms with Gasteiger partial charge in [0.1, 0.15) is 0 Å². The number of benzene rings is 4. The molecule has 7 heteroatoms. The zero-order chi connectivity index (χ0) is 40.2. The molecule has 4 atom stereocenters. The first kappa shape index (κ1) is 41.2. The van der Waals surface area contributed by atoms with Crippen molar-refractivity contribution in [2.24, 2.45) is 0 Å². The van der Waals surface area contributed by atoms with Crippen LogP contribution in [0.4, 0.5) is 0 Å². The number of hydrogen-bond donors (Lipinski definition) is 2. The van der Waals surface area contributed by atoms with Crippen molar-refractivity contribution in [3.8, 4) is 0 Å². The summed E-state index contributed by atoms with van der Waals surface area (Å²) in [7, 11) is 0. The summed E-state index contributed by atoms with van der Waals surface area (Å²) in [6.07, 6.45) is 12.6. The number of hydrogen-bond acceptors (Lipinski definition) is 7. The van der Waals surface area contributed by atoms with Gasteiger partial charge in [0, 0.05) is 74.0 Å². The van der Waals surface area contributed by atoms with Crippen LogP contribution in [0, 0.1) is 0 Å². The lowest BCUT2D eigenvalue weighted by atomic mass is 9.89. The third kappa shape index (κ3) is 10.6. The van der Waals surface area contributed by atoms with Gasteiger partial charge in [-0.15, -0.1) is 0 Å². The van der Waals surface area contributed by atoms with Gasteiger partial charge in [0.15, 0.2) is 0 Å². The number of ether oxygens (including phenoxy) is 3. The van der Waals surface area contributed by atoms with Crippen LogP contribution in [0.1, 0.15) is 96.1 Å². The maximum atomic E-state index is 6.88. The Labute approximate surface area is 351 Å². The molecule has 2 aliphatic rings. The summed E-state index contributed by atoms with van der Waals surface area (Å²) >= 11 is 0. The molecule has 2 aromatic heterocycles. The van der Waals surface area contributed by atoms with Gasteiger partial charge < -0.3 is 24.8 Å². The Hall–Kier alpha value is -4.50. The molecule has 59 heavy (non-hydrogen) atoms. The maximum absolute atomic E-state index is 6.88. The molecule has 308 valence electrons. The van der Waals surface area contributed by atoms with Crippen molar-refractivity contribution in [3.63, 3.8) is 0 Å². The fraction of sp³-hybridized carbons (Fsp3) is 0.423. The van der Waals surface area contributed by atoms with Crippen molar-refractivity contribution in [3.05, 3.63) is 154 Å². The molecular weight excluding hydrogens is 729 g/mol. The van der Waals surface area contributed by atoms with Gasteiger partial charge >= 0.3 is 0 Å². The van der Waals surface area contributed by atoms with Crippen molar-refractivity contribution in [2.45, 2.75) is 89.3 Å². The van der Waals surface area contributed by atoms with Gasteiger partial charge in [0.25, 0.3) is 0 Å². The van der Waals surface area contributed by atoms with Gasteiger partial charge in [-0.1, -0.05) is 99.5 Å². The third-order valence-corrected chi connectivity index (χ3v) is 12.4. The molecule has 0 saturated carbocycles. The zero-order valence-electron chi connectivity index (χ0n) is 35.1. The lowest BCUT2D eigenvalue weighted by molar-refractivity contribution is -0.0342. The minimum Gasteiger partial charge on any atom is -0.380 e. The van der Waals surface area contributed by atoms with Gasteiger partial charge in [0.05, 0.1) is 50.0 Å². The molecule has 0 spiro atoms. The molecule has 2 N–H and O–H groups in total. The van der Waals surface area contributed by atoms with Crippen LogP contribution < -0.4 is 10.6 Å². The second-order valence-corrected chi connectivity index (χ2v) is 16.6. The number of pyridine rings is 2. The molecule has 0 radical (unpaired) electrons. The average molecular weight is 791 g/mol. The van der Waals surface area contributed by atoms with Crippen LogP contribution >= 0.6 is 0 Å². The Morgan fingerprint density at radius 3 is 1.42 bits per heavy atom. The first-order valence-corrected chi connectivity index (χ1v) is 22.3. The van der Waals surface area contributed by atoms with Gasteiger partial charge in [-0.25, -0.2) is 0 Å². The smallest absolute Gasteiger partial charge is 0.0790 e. The summed E-state index contributed by atoms with van der Waals surface area (Å²) in [5, 5.41) is 12.0. The van der Waals surface area contributed by atoms with E-state index in [-0.39, 0.29) is 24.0 Å². The van der Waals surface area contributed by atoms with Crippen molar-refractivity contribution in [1.82, 2.24) is 20.6 Å². The SMILES string of the molecule is CCCCc1ccc(Cc2nccc3ccc(C(COCC(c4ccc5ccnc(Cc6ccc(CCCC)cc6)c5c4)C4CNCCO4)C4CNCCO4)cc23)cc1. The Morgan fingerprint density at radius 1 is 0.576 bits per heavy atom. The first-order valence-electron chi connectivity index (χ1n) is 22.3. The Morgan fingerprint density at radius 2 is 1.02 bits per heavy atom. The molecule has 7 nitrogen and oxygen atoms in total. The molecule has 4 aromatic carbocycles. The molecule has 2 saturated heterocycles. The predicted molar refractivity (Wildman–Crippen MR) is 241 cm³/mol. The predicted octanol–water partition coefficient (Wildman–Crippen LogP) is 9.51. The zero-order valence-corrected chi connectivity index (χ0v) is 35.1. The Kier molecular flexibility index (Phi) is 14.4. The van der Waals surface area contributed by atoms with E-state index in [2.05, 4.69) is 122 Å². The average Bonchev–Trinajstić information content (AvgIpc) is 3.29. The van der Waals surface area contributed by atoms with Crippen LogP contribution in [-0.2, 0) is 39.9 Å². The normalized spacial score (nSPS) is 18.3. The number of unbranched alkanes of at least 4 members (excludes halogenated alkanes) is 2. The fourth-order valence-corrected chi connectivity index (χ4v) is 8.88. The number of nitrogens with one attached hydrogen (secondary N) is 2. The van der Waals surface area contributed by atoms with Crippen molar-refractivity contribution >= 4 is 21.5 Å². The summed E-state index contributed by atoms with van der Waals surface area (Å²) in [4.78, 5) is 9.85. The summed E-state index contributed by atoms with van der Waals surface area (Å²) < 4.78 is 19.8. The van der Waals surface area contributed by atoms with Crippen LogP contribution in [-0.4, -0.2) is 74.8 Å². The second-order valence-electron chi connectivity index (χ2n) is 16.6. The fourth-order valence-electron chi connectivity index (χ4n) is 8.88. The molecular formula is C52H62N4O3. The van der Waals surface area contributed by atoms with E-state index in [1.807, 2.05) is 12.4 Å². The molecule has 0 amide bonds. The number of morpholine rings is 2. The lowest BCUT2D eigenvalue weighted by Gasteiger charge is -2.34. The van der Waals surface area contributed by atoms with E-state index in [1.165, 1.54) is 80.6 Å². The molecule has 0 aliphatic carbocycles. The van der Waals surface area contributed by atoms with Crippen LogP contribution in [0.15, 0.2) is 109 Å². The molecule has 6 aromatic rings. The number of nitrogens with zero attached hydrogens (tertiary/aromatic N) is 2. The molecule has 2 aliphatic heterocycles. The first-order chi connectivity index (χ1) is 29.1. The van der Waals surface area contributed by atoms with E-state index < -0.39 is 0 Å². The largest absolute Gasteiger partial charge is 0.380 e. The summed E-state index contributed by atoms with van der Waals surface area (Å²) in [5.74, 6) is 0.0924. The molecule has 2 fully saturated rings. The highest BCUT2D eigenvalue weighted by molar-refractivity contribution is 5.86. The highest BCUT2D eigenvalue weighted by atomic mass is 16.5. The van der Waals surface area contributed by atoms with Gasteiger partial charge in [0.2, 0.25) is 0 Å². The third-order valence-electron chi connectivity index (χ3n) is 12.4.